The number of nitrogens with one attached hydrogen (secondary N) is 3. The van der Waals surface area contributed by atoms with Gasteiger partial charge in [-0.05, 0) is 55.0 Å². The summed E-state index contributed by atoms with van der Waals surface area (Å²) in [6, 6.07) is 9.72. The van der Waals surface area contributed by atoms with Gasteiger partial charge in [-0.15, -0.1) is 0 Å². The predicted octanol–water partition coefficient (Wildman–Crippen LogP) is 3.23. The molecule has 0 fully saturated rings. The van der Waals surface area contributed by atoms with Gasteiger partial charge in [0.05, 0.1) is 27.9 Å². The molecule has 0 radical (unpaired) electrons. The highest BCUT2D eigenvalue weighted by Crippen LogP contribution is 2.38. The van der Waals surface area contributed by atoms with E-state index in [0.717, 1.165) is 19.3 Å². The minimum absolute atomic E-state index is 0.0688. The lowest BCUT2D eigenvalue weighted by molar-refractivity contribution is 0.0934. The van der Waals surface area contributed by atoms with Crippen LogP contribution in [-0.2, 0) is 0 Å². The van der Waals surface area contributed by atoms with Crippen LogP contribution in [0.25, 0.3) is 0 Å². The fourth-order valence-electron chi connectivity index (χ4n) is 2.85. The van der Waals surface area contributed by atoms with Crippen LogP contribution in [-0.4, -0.2) is 44.9 Å². The molecule has 0 spiro atoms. The molecule has 9 nitrogen and oxygen atoms in total. The van der Waals surface area contributed by atoms with Gasteiger partial charge in [0.1, 0.15) is 5.75 Å². The average molecular weight is 476 g/mol. The molecular weight excluding hydrogens is 446 g/mol. The summed E-state index contributed by atoms with van der Waals surface area (Å²) in [5, 5.41) is 2.43. The number of hydrogen-bond donors (Lipinski definition) is 3. The zero-order valence-electron chi connectivity index (χ0n) is 19.2. The first-order chi connectivity index (χ1) is 15.9. The van der Waals surface area contributed by atoms with Crippen molar-refractivity contribution in [2.24, 2.45) is 0 Å². The molecule has 0 atom stereocenters. The molecule has 33 heavy (non-hydrogen) atoms. The average Bonchev–Trinajstić information content (AvgIpc) is 2.84. The van der Waals surface area contributed by atoms with Crippen LogP contribution in [0.4, 0.5) is 0 Å². The molecule has 2 aromatic rings. The molecule has 0 saturated heterocycles. The second kappa shape index (κ2) is 13.1. The molecule has 0 bridgehead atoms. The highest BCUT2D eigenvalue weighted by atomic mass is 32.1. The van der Waals surface area contributed by atoms with Gasteiger partial charge in [0.2, 0.25) is 5.75 Å². The van der Waals surface area contributed by atoms with Gasteiger partial charge in [-0.3, -0.25) is 25.8 Å². The van der Waals surface area contributed by atoms with Gasteiger partial charge < -0.3 is 18.9 Å². The van der Waals surface area contributed by atoms with Crippen molar-refractivity contribution in [3.05, 3.63) is 47.5 Å². The van der Waals surface area contributed by atoms with Crippen LogP contribution in [0.5, 0.6) is 23.0 Å². The number of unbranched alkanes of at least 4 members (excludes halogenated alkanes) is 2. The summed E-state index contributed by atoms with van der Waals surface area (Å²) < 4.78 is 21.4. The number of benzene rings is 2. The van der Waals surface area contributed by atoms with E-state index in [1.54, 1.807) is 24.3 Å². The van der Waals surface area contributed by atoms with E-state index >= 15 is 0 Å². The molecule has 0 aliphatic heterocycles. The first kappa shape index (κ1) is 25.7. The third-order valence-corrected chi connectivity index (χ3v) is 4.78. The molecule has 10 heteroatoms. The number of amides is 2. The summed E-state index contributed by atoms with van der Waals surface area (Å²) >= 11 is 5.09. The van der Waals surface area contributed by atoms with Gasteiger partial charge in [-0.1, -0.05) is 19.8 Å². The van der Waals surface area contributed by atoms with Crippen LogP contribution in [0.3, 0.4) is 0 Å². The van der Waals surface area contributed by atoms with E-state index < -0.39 is 11.8 Å². The van der Waals surface area contributed by atoms with Crippen LogP contribution in [0.15, 0.2) is 36.4 Å². The Labute approximate surface area is 198 Å². The second-order valence-electron chi connectivity index (χ2n) is 6.86. The standard InChI is InChI=1S/C23H29N3O6S/c1-5-6-7-12-32-17-10-8-15(9-11-17)21(27)24-23(33)26-25-22(28)16-13-18(29-2)20(31-4)19(14-16)30-3/h8-11,13-14H,5-7,12H2,1-4H3,(H,25,28)(H2,24,26,27,33). The van der Waals surface area contributed by atoms with E-state index in [2.05, 4.69) is 23.1 Å². The van der Waals surface area contributed by atoms with E-state index in [1.807, 2.05) is 0 Å². The van der Waals surface area contributed by atoms with E-state index in [1.165, 1.54) is 33.5 Å². The number of carbonyl (C=O) groups excluding carboxylic acids is 2. The summed E-state index contributed by atoms with van der Waals surface area (Å²) in [6.07, 6.45) is 3.22. The molecule has 2 aromatic carbocycles. The van der Waals surface area contributed by atoms with E-state index in [4.69, 9.17) is 31.2 Å². The number of rotatable bonds is 10. The number of thiocarbonyl (C=S) groups is 1. The molecule has 2 amide bonds. The Hall–Kier alpha value is -3.53. The molecule has 0 aromatic heterocycles. The number of hydrogen-bond acceptors (Lipinski definition) is 7. The quantitative estimate of drug-likeness (QED) is 0.273. The van der Waals surface area contributed by atoms with E-state index in [0.29, 0.717) is 35.2 Å². The largest absolute Gasteiger partial charge is 0.494 e. The minimum Gasteiger partial charge on any atom is -0.494 e. The summed E-state index contributed by atoms with van der Waals surface area (Å²) in [6.45, 7) is 2.77. The van der Waals surface area contributed by atoms with Crippen LogP contribution >= 0.6 is 12.2 Å². The molecule has 0 unspecified atom stereocenters. The van der Waals surface area contributed by atoms with Crippen molar-refractivity contribution < 1.29 is 28.5 Å². The molecule has 0 aliphatic carbocycles. The molecule has 0 saturated carbocycles. The highest BCUT2D eigenvalue weighted by Gasteiger charge is 2.17. The fraction of sp³-hybridized carbons (Fsp3) is 0.348. The Bertz CT molecular complexity index is 940. The maximum atomic E-state index is 12.5. The zero-order valence-corrected chi connectivity index (χ0v) is 20.0. The lowest BCUT2D eigenvalue weighted by atomic mass is 10.1. The van der Waals surface area contributed by atoms with Crippen molar-refractivity contribution in [1.29, 1.82) is 0 Å². The number of ether oxygens (including phenoxy) is 4. The number of methoxy groups -OCH3 is 3. The first-order valence-electron chi connectivity index (χ1n) is 10.4. The Kier molecular flexibility index (Phi) is 10.2. The molecule has 2 rings (SSSR count). The van der Waals surface area contributed by atoms with Gasteiger partial charge in [-0.25, -0.2) is 0 Å². The van der Waals surface area contributed by atoms with Crippen LogP contribution < -0.4 is 35.1 Å². The molecular formula is C23H29N3O6S. The maximum absolute atomic E-state index is 12.5. The van der Waals surface area contributed by atoms with E-state index in [-0.39, 0.29) is 10.7 Å². The first-order valence-corrected chi connectivity index (χ1v) is 10.8. The predicted molar refractivity (Wildman–Crippen MR) is 128 cm³/mol. The Morgan fingerprint density at radius 1 is 0.848 bits per heavy atom. The molecule has 0 heterocycles. The normalized spacial score (nSPS) is 10.1. The summed E-state index contributed by atoms with van der Waals surface area (Å²) in [4.78, 5) is 24.9. The summed E-state index contributed by atoms with van der Waals surface area (Å²) in [7, 11) is 4.37. The van der Waals surface area contributed by atoms with Gasteiger partial charge in [0.25, 0.3) is 11.8 Å². The van der Waals surface area contributed by atoms with E-state index in [9.17, 15) is 9.59 Å². The van der Waals surface area contributed by atoms with Crippen LogP contribution in [0.1, 0.15) is 46.9 Å². The highest BCUT2D eigenvalue weighted by molar-refractivity contribution is 7.80. The van der Waals surface area contributed by atoms with Crippen molar-refractivity contribution in [3.63, 3.8) is 0 Å². The van der Waals surface area contributed by atoms with Crippen LogP contribution in [0.2, 0.25) is 0 Å². The smallest absolute Gasteiger partial charge is 0.269 e. The van der Waals surface area contributed by atoms with Crippen LogP contribution in [0, 0.1) is 0 Å². The third kappa shape index (κ3) is 7.53. The van der Waals surface area contributed by atoms with Gasteiger partial charge >= 0.3 is 0 Å². The van der Waals surface area contributed by atoms with Gasteiger partial charge in [0, 0.05) is 11.1 Å². The molecule has 178 valence electrons. The van der Waals surface area contributed by atoms with Crippen molar-refractivity contribution in [3.8, 4) is 23.0 Å². The lowest BCUT2D eigenvalue weighted by Gasteiger charge is -2.15. The van der Waals surface area contributed by atoms with Gasteiger partial charge in [-0.2, -0.15) is 0 Å². The van der Waals surface area contributed by atoms with Crippen molar-refractivity contribution >= 4 is 29.1 Å². The summed E-state index contributed by atoms with van der Waals surface area (Å²) in [5.41, 5.74) is 5.56. The van der Waals surface area contributed by atoms with Crippen molar-refractivity contribution in [1.82, 2.24) is 16.2 Å². The molecule has 0 aliphatic rings. The Morgan fingerprint density at radius 3 is 2.03 bits per heavy atom. The minimum atomic E-state index is -0.518. The monoisotopic (exact) mass is 475 g/mol. The van der Waals surface area contributed by atoms with Gasteiger partial charge in [0.15, 0.2) is 16.6 Å². The zero-order chi connectivity index (χ0) is 24.2. The van der Waals surface area contributed by atoms with Crippen molar-refractivity contribution in [2.75, 3.05) is 27.9 Å². The second-order valence-corrected chi connectivity index (χ2v) is 7.26. The number of carbonyl (C=O) groups is 2. The summed E-state index contributed by atoms with van der Waals surface area (Å²) in [5.74, 6) is 0.777. The molecule has 3 N–H and O–H groups in total. The SMILES string of the molecule is CCCCCOc1ccc(C(=O)NC(=S)NNC(=O)c2cc(OC)c(OC)c(OC)c2)cc1. The Morgan fingerprint density at radius 2 is 1.48 bits per heavy atom. The maximum Gasteiger partial charge on any atom is 0.269 e. The third-order valence-electron chi connectivity index (χ3n) is 4.58. The lowest BCUT2D eigenvalue weighted by Crippen LogP contribution is -2.48. The fourth-order valence-corrected chi connectivity index (χ4v) is 2.99. The topological polar surface area (TPSA) is 107 Å². The number of hydrazine groups is 1. The Balaban J connectivity index is 1.89. The van der Waals surface area contributed by atoms with Crippen molar-refractivity contribution in [2.45, 2.75) is 26.2 Å².